The van der Waals surface area contributed by atoms with E-state index in [2.05, 4.69) is 61.0 Å². The zero-order chi connectivity index (χ0) is 61.3. The van der Waals surface area contributed by atoms with Gasteiger partial charge in [-0.2, -0.15) is 5.10 Å². The average molecular weight is 1200 g/mol. The number of hydrogen-bond donors (Lipinski definition) is 4. The first-order valence-electron chi connectivity index (χ1n) is 29.7. The average Bonchev–Trinajstić information content (AvgIpc) is 2.53. The largest absolute Gasteiger partial charge is 0.494 e. The Morgan fingerprint density at radius 1 is 0.802 bits per heavy atom. The standard InChI is InChI=1S/C64H89N11O10S/c1-7-11-49(8-2)45-67-62(78)61(51-15-23-58(24-16-51)85-48(3)4)75(55-19-20-55)59(76)27-14-50-12-21-56(22-13-50)83-36-10-9-30-72(5)35-39-82-41-40-80-37-28-53(71-65)46-66-29-38-81-42-43-84-57-25-17-52(18-26-57)68-63(79)70-64-69-54(47-86-64)44-60(77)74-33-31-73(6)32-34-74/h7-8,11-13,15-18,21-26,46-48,55,61H,1-2,9-10,14,19-20,27-45,65H2,3-6H3,(H,67,78)(H2,68,69,70,79)/b49-11+,66-46?,71-53-. The first-order valence-corrected chi connectivity index (χ1v) is 30.6. The number of nitrogens with one attached hydrogen (secondary N) is 3. The van der Waals surface area contributed by atoms with E-state index in [1.165, 1.54) is 11.3 Å². The minimum atomic E-state index is -0.787. The maximum atomic E-state index is 14.0. The summed E-state index contributed by atoms with van der Waals surface area (Å²) in [5.41, 5.74) is 4.42. The molecule has 5 N–H and O–H groups in total. The highest BCUT2D eigenvalue weighted by Gasteiger charge is 2.41. The lowest BCUT2D eigenvalue weighted by Gasteiger charge is -2.32. The third-order valence-corrected chi connectivity index (χ3v) is 14.8. The number of allylic oxidation sites excluding steroid dienone is 2. The van der Waals surface area contributed by atoms with Crippen LogP contribution in [0.4, 0.5) is 15.6 Å². The van der Waals surface area contributed by atoms with Gasteiger partial charge < -0.3 is 64.5 Å². The Morgan fingerprint density at radius 2 is 1.48 bits per heavy atom. The number of rotatable bonds is 40. The van der Waals surface area contributed by atoms with Crippen LogP contribution in [0.25, 0.3) is 0 Å². The van der Waals surface area contributed by atoms with E-state index in [9.17, 15) is 19.2 Å². The highest BCUT2D eigenvalue weighted by Crippen LogP contribution is 2.36. The van der Waals surface area contributed by atoms with Crippen LogP contribution in [0.15, 0.2) is 125 Å². The second kappa shape index (κ2) is 37.9. The van der Waals surface area contributed by atoms with Gasteiger partial charge in [0, 0.05) is 75.4 Å². The number of carbonyl (C=O) groups excluding carboxylic acids is 4. The third kappa shape index (κ3) is 25.2. The Labute approximate surface area is 511 Å². The molecule has 1 aliphatic carbocycles. The normalized spacial score (nSPS) is 14.3. The van der Waals surface area contributed by atoms with E-state index in [0.717, 1.165) is 74.3 Å². The molecule has 0 bridgehead atoms. The van der Waals surface area contributed by atoms with Gasteiger partial charge in [0.15, 0.2) is 5.13 Å². The number of hydrazone groups is 1. The van der Waals surface area contributed by atoms with E-state index >= 15 is 0 Å². The molecule has 4 aromatic rings. The summed E-state index contributed by atoms with van der Waals surface area (Å²) in [6.45, 7) is 20.8. The van der Waals surface area contributed by atoms with Gasteiger partial charge in [0.25, 0.3) is 0 Å². The number of nitrogens with zero attached hydrogens (tertiary/aromatic N) is 7. The molecule has 22 heteroatoms. The molecule has 1 atom stereocenters. The summed E-state index contributed by atoms with van der Waals surface area (Å²) in [4.78, 5) is 70.1. The van der Waals surface area contributed by atoms with Crippen molar-refractivity contribution < 1.29 is 47.6 Å². The van der Waals surface area contributed by atoms with Gasteiger partial charge >= 0.3 is 6.03 Å². The second-order valence-electron chi connectivity index (χ2n) is 21.3. The van der Waals surface area contributed by atoms with Gasteiger partial charge in [-0.1, -0.05) is 55.7 Å². The van der Waals surface area contributed by atoms with E-state index in [4.69, 9.17) is 34.3 Å². The lowest BCUT2D eigenvalue weighted by molar-refractivity contribution is -0.141. The summed E-state index contributed by atoms with van der Waals surface area (Å²) >= 11 is 1.28. The molecule has 6 rings (SSSR count). The summed E-state index contributed by atoms with van der Waals surface area (Å²) < 4.78 is 34.9. The van der Waals surface area contributed by atoms with E-state index in [-0.39, 0.29) is 49.3 Å². The fourth-order valence-electron chi connectivity index (χ4n) is 9.06. The van der Waals surface area contributed by atoms with Crippen molar-refractivity contribution in [2.24, 2.45) is 15.9 Å². The van der Waals surface area contributed by atoms with Crippen LogP contribution in [0.1, 0.15) is 75.2 Å². The quantitative estimate of drug-likeness (QED) is 0.0109. The molecule has 1 saturated carbocycles. The molecule has 2 fully saturated rings. The minimum absolute atomic E-state index is 0.000368. The SMILES string of the molecule is C=C/C=C(\C=C)CNC(=O)C(c1ccc(OC(C)C)cc1)N(C(=O)CCc1ccc(OCCCCN(C)CCOCCOCC/C(C=NCCOCCOc2ccc(NC(=O)Nc3nc(CC(=O)N4CCN(C)CC4)cs3)cc2)=N/N)cc1)C1CC1. The zero-order valence-electron chi connectivity index (χ0n) is 50.6. The van der Waals surface area contributed by atoms with Crippen molar-refractivity contribution in [3.8, 4) is 17.2 Å². The molecule has 466 valence electrons. The van der Waals surface area contributed by atoms with Crippen molar-refractivity contribution in [3.05, 3.63) is 132 Å². The van der Waals surface area contributed by atoms with Crippen LogP contribution in [-0.4, -0.2) is 192 Å². The van der Waals surface area contributed by atoms with Gasteiger partial charge in [-0.3, -0.25) is 24.7 Å². The predicted octanol–water partition coefficient (Wildman–Crippen LogP) is 7.97. The first kappa shape index (κ1) is 67.7. The molecule has 1 aliphatic heterocycles. The number of aromatic nitrogens is 1. The molecule has 1 unspecified atom stereocenters. The van der Waals surface area contributed by atoms with Crippen molar-refractivity contribution in [2.75, 3.05) is 130 Å². The Balaban J connectivity index is 0.744. The Bertz CT molecular complexity index is 2800. The van der Waals surface area contributed by atoms with Gasteiger partial charge in [0.05, 0.1) is 76.7 Å². The molecule has 0 radical (unpaired) electrons. The molecule has 86 heavy (non-hydrogen) atoms. The van der Waals surface area contributed by atoms with Crippen molar-refractivity contribution in [1.29, 1.82) is 0 Å². The monoisotopic (exact) mass is 1200 g/mol. The maximum absolute atomic E-state index is 14.0. The Morgan fingerprint density at radius 3 is 2.16 bits per heavy atom. The summed E-state index contributed by atoms with van der Waals surface area (Å²) in [6.07, 6.45) is 11.9. The topological polar surface area (TPSA) is 236 Å². The lowest BCUT2D eigenvalue weighted by Crippen LogP contribution is -2.47. The van der Waals surface area contributed by atoms with Gasteiger partial charge in [-0.05, 0) is 132 Å². The van der Waals surface area contributed by atoms with Gasteiger partial charge in [0.2, 0.25) is 17.7 Å². The summed E-state index contributed by atoms with van der Waals surface area (Å²) in [5, 5.41) is 14.6. The number of piperazine rings is 1. The van der Waals surface area contributed by atoms with Crippen molar-refractivity contribution in [3.63, 3.8) is 0 Å². The number of amides is 5. The summed E-state index contributed by atoms with van der Waals surface area (Å²) in [7, 11) is 4.13. The fourth-order valence-corrected chi connectivity index (χ4v) is 9.76. The van der Waals surface area contributed by atoms with E-state index in [0.29, 0.717) is 119 Å². The van der Waals surface area contributed by atoms with Crippen LogP contribution in [0.2, 0.25) is 0 Å². The van der Waals surface area contributed by atoms with Crippen LogP contribution in [0.3, 0.4) is 0 Å². The molecular formula is C64H89N11O10S. The third-order valence-electron chi connectivity index (χ3n) is 14.0. The molecule has 3 aromatic carbocycles. The smallest absolute Gasteiger partial charge is 0.325 e. The van der Waals surface area contributed by atoms with Crippen LogP contribution in [0.5, 0.6) is 17.2 Å². The summed E-state index contributed by atoms with van der Waals surface area (Å²) in [5.74, 6) is 7.44. The minimum Gasteiger partial charge on any atom is -0.494 e. The number of carbonyl (C=O) groups is 4. The molecule has 0 spiro atoms. The van der Waals surface area contributed by atoms with Crippen LogP contribution < -0.4 is 36.0 Å². The first-order chi connectivity index (χ1) is 41.8. The fraction of sp³-hybridized carbons (Fsp3) is 0.484. The Kier molecular flexibility index (Phi) is 29.8. The zero-order valence-corrected chi connectivity index (χ0v) is 51.4. The number of urea groups is 1. The van der Waals surface area contributed by atoms with Gasteiger partial charge in [0.1, 0.15) is 29.9 Å². The predicted molar refractivity (Wildman–Crippen MR) is 340 cm³/mol. The number of ether oxygens (including phenoxy) is 6. The second-order valence-corrected chi connectivity index (χ2v) is 22.1. The number of unbranched alkanes of at least 4 members (excludes halogenated alkanes) is 1. The van der Waals surface area contributed by atoms with E-state index in [1.54, 1.807) is 59.0 Å². The van der Waals surface area contributed by atoms with Gasteiger partial charge in [-0.15, -0.1) is 11.3 Å². The molecule has 5 amide bonds. The Hall–Kier alpha value is -7.47. The number of nitrogens with two attached hydrogens (primary N) is 1. The number of aryl methyl sites for hydroxylation is 1. The highest BCUT2D eigenvalue weighted by atomic mass is 32.1. The summed E-state index contributed by atoms with van der Waals surface area (Å²) in [6, 6.07) is 21.2. The van der Waals surface area contributed by atoms with Crippen LogP contribution in [0, 0.1) is 0 Å². The van der Waals surface area contributed by atoms with Gasteiger partial charge in [-0.25, -0.2) is 9.78 Å². The molecule has 1 aromatic heterocycles. The number of benzene rings is 3. The van der Waals surface area contributed by atoms with Crippen LogP contribution >= 0.6 is 11.3 Å². The maximum Gasteiger partial charge on any atom is 0.325 e. The number of likely N-dealkylation sites (N-methyl/N-ethyl adjacent to an activating group) is 2. The van der Waals surface area contributed by atoms with Crippen molar-refractivity contribution >= 4 is 57.8 Å². The van der Waals surface area contributed by atoms with E-state index < -0.39 is 12.1 Å². The number of aliphatic imine (C=N–C) groups is 1. The number of anilines is 2. The van der Waals surface area contributed by atoms with Crippen molar-refractivity contribution in [1.82, 2.24) is 29.9 Å². The molecule has 21 nitrogen and oxygen atoms in total. The number of hydrogen-bond acceptors (Lipinski definition) is 17. The molecular weight excluding hydrogens is 1110 g/mol. The lowest BCUT2D eigenvalue weighted by atomic mass is 10.0. The molecule has 1 saturated heterocycles. The van der Waals surface area contributed by atoms with E-state index in [1.807, 2.05) is 74.3 Å². The number of thiazole rings is 1. The highest BCUT2D eigenvalue weighted by molar-refractivity contribution is 7.14. The van der Waals surface area contributed by atoms with Crippen LogP contribution in [-0.2, 0) is 41.4 Å². The molecule has 2 aliphatic rings. The van der Waals surface area contributed by atoms with Crippen molar-refractivity contribution in [2.45, 2.75) is 83.4 Å². The molecule has 2 heterocycles.